The highest BCUT2D eigenvalue weighted by Crippen LogP contribution is 2.41. The zero-order chi connectivity index (χ0) is 25.5. The van der Waals surface area contributed by atoms with Gasteiger partial charge >= 0.3 is 18.2 Å². The Labute approximate surface area is 206 Å². The Morgan fingerprint density at radius 1 is 1.11 bits per heavy atom. The molecule has 0 N–H and O–H groups in total. The number of aromatic nitrogens is 2. The largest absolute Gasteiger partial charge is 0.455 e. The van der Waals surface area contributed by atoms with Crippen molar-refractivity contribution in [1.82, 2.24) is 14.7 Å². The lowest BCUT2D eigenvalue weighted by Crippen LogP contribution is -2.34. The molecule has 1 saturated heterocycles. The van der Waals surface area contributed by atoms with Gasteiger partial charge < -0.3 is 14.4 Å². The molecule has 0 spiro atoms. The van der Waals surface area contributed by atoms with Crippen LogP contribution in [0.5, 0.6) is 0 Å². The minimum Gasteiger partial charge on any atom is -0.455 e. The normalized spacial score (nSPS) is 22.4. The average Bonchev–Trinajstić information content (AvgIpc) is 3.44. The van der Waals surface area contributed by atoms with E-state index in [-0.39, 0.29) is 46.9 Å². The van der Waals surface area contributed by atoms with E-state index in [1.807, 2.05) is 0 Å². The number of hydrogen-bond donors (Lipinski definition) is 0. The number of alkyl halides is 3. The third kappa shape index (κ3) is 5.81. The van der Waals surface area contributed by atoms with Gasteiger partial charge in [-0.3, -0.25) is 0 Å². The molecule has 2 fully saturated rings. The van der Waals surface area contributed by atoms with E-state index in [2.05, 4.69) is 5.10 Å². The molecule has 35 heavy (non-hydrogen) atoms. The van der Waals surface area contributed by atoms with Crippen LogP contribution in [-0.2, 0) is 22.3 Å². The van der Waals surface area contributed by atoms with E-state index in [0.29, 0.717) is 25.9 Å². The fourth-order valence-corrected chi connectivity index (χ4v) is 5.07. The number of nitrogens with zero attached hydrogens (tertiary/aromatic N) is 3. The van der Waals surface area contributed by atoms with Gasteiger partial charge in [0.25, 0.3) is 0 Å². The lowest BCUT2D eigenvalue weighted by Gasteiger charge is -2.20. The number of ether oxygens (including phenoxy) is 2. The predicted molar refractivity (Wildman–Crippen MR) is 121 cm³/mol. The molecule has 2 heterocycles. The van der Waals surface area contributed by atoms with Crippen molar-refractivity contribution in [3.8, 4) is 0 Å². The first-order valence-electron chi connectivity index (χ1n) is 11.4. The monoisotopic (exact) mass is 513 g/mol. The average molecular weight is 514 g/mol. The van der Waals surface area contributed by atoms with Gasteiger partial charge in [-0.25, -0.2) is 9.59 Å². The van der Waals surface area contributed by atoms with Crippen LogP contribution in [0.4, 0.5) is 18.0 Å². The zero-order valence-corrected chi connectivity index (χ0v) is 20.4. The molecule has 3 atom stereocenters. The van der Waals surface area contributed by atoms with Crippen LogP contribution < -0.4 is 0 Å². The second-order valence-electron chi connectivity index (χ2n) is 10.0. The van der Waals surface area contributed by atoms with Crippen molar-refractivity contribution >= 4 is 23.6 Å². The molecule has 190 valence electrons. The summed E-state index contributed by atoms with van der Waals surface area (Å²) in [5.74, 6) is -0.228. The number of esters is 1. The molecule has 1 aromatic carbocycles. The van der Waals surface area contributed by atoms with E-state index in [4.69, 9.17) is 21.1 Å². The van der Waals surface area contributed by atoms with Crippen molar-refractivity contribution in [1.29, 1.82) is 0 Å². The van der Waals surface area contributed by atoms with Crippen LogP contribution in [0.2, 0.25) is 5.02 Å². The van der Waals surface area contributed by atoms with Gasteiger partial charge in [0.2, 0.25) is 0 Å². The molecule has 7 nitrogen and oxygen atoms in total. The van der Waals surface area contributed by atoms with Crippen LogP contribution in [-0.4, -0.2) is 51.5 Å². The molecule has 2 aromatic rings. The standard InChI is InChI=1S/C24H27ClF3N3O4/c1-23(2,3)35-21(32)19-7-8-31(29-19)22(33)30-11-15-9-17(10-16(15)12-30)34-13-14-5-4-6-18(25)20(14)24(26,27)28/h4-8,15-17H,9-13H2,1-3H3/t15-,16+,17+. The highest BCUT2D eigenvalue weighted by molar-refractivity contribution is 6.31. The minimum atomic E-state index is -4.56. The van der Waals surface area contributed by atoms with Gasteiger partial charge in [-0.2, -0.15) is 23.0 Å². The maximum Gasteiger partial charge on any atom is 0.418 e. The van der Waals surface area contributed by atoms with Gasteiger partial charge in [-0.1, -0.05) is 23.7 Å². The number of carbonyl (C=O) groups is 2. The van der Waals surface area contributed by atoms with Crippen molar-refractivity contribution in [3.63, 3.8) is 0 Å². The summed E-state index contributed by atoms with van der Waals surface area (Å²) in [6.45, 7) is 6.06. The number of fused-ring (bicyclic) bond motifs is 1. The summed E-state index contributed by atoms with van der Waals surface area (Å²) >= 11 is 5.78. The summed E-state index contributed by atoms with van der Waals surface area (Å²) in [7, 11) is 0. The molecule has 11 heteroatoms. The summed E-state index contributed by atoms with van der Waals surface area (Å²) in [5.41, 5.74) is -1.46. The summed E-state index contributed by atoms with van der Waals surface area (Å²) in [6.07, 6.45) is -2.01. The first-order chi connectivity index (χ1) is 16.3. The maximum absolute atomic E-state index is 13.4. The molecule has 1 amide bonds. The van der Waals surface area contributed by atoms with Crippen LogP contribution in [0.3, 0.4) is 0 Å². The Bertz CT molecular complexity index is 1100. The molecule has 2 aliphatic rings. The van der Waals surface area contributed by atoms with Crippen LogP contribution in [0.25, 0.3) is 0 Å². The first-order valence-corrected chi connectivity index (χ1v) is 11.7. The van der Waals surface area contributed by atoms with E-state index in [9.17, 15) is 22.8 Å². The van der Waals surface area contributed by atoms with Gasteiger partial charge in [-0.05, 0) is 63.1 Å². The number of likely N-dealkylation sites (tertiary alicyclic amines) is 1. The van der Waals surface area contributed by atoms with Gasteiger partial charge in [-0.15, -0.1) is 0 Å². The molecular formula is C24H27ClF3N3O4. The van der Waals surface area contributed by atoms with E-state index >= 15 is 0 Å². The first kappa shape index (κ1) is 25.5. The summed E-state index contributed by atoms with van der Waals surface area (Å²) in [6, 6.07) is 5.18. The van der Waals surface area contributed by atoms with E-state index in [0.717, 1.165) is 4.68 Å². The number of halogens is 4. The number of benzene rings is 1. The number of rotatable bonds is 4. The van der Waals surface area contributed by atoms with Crippen LogP contribution in [0.1, 0.15) is 55.2 Å². The number of amides is 1. The molecule has 0 unspecified atom stereocenters. The van der Waals surface area contributed by atoms with Gasteiger partial charge in [0, 0.05) is 19.3 Å². The second-order valence-corrected chi connectivity index (χ2v) is 10.4. The Hall–Kier alpha value is -2.59. The number of hydrogen-bond acceptors (Lipinski definition) is 5. The van der Waals surface area contributed by atoms with E-state index in [1.54, 1.807) is 25.7 Å². The third-order valence-corrected chi connectivity index (χ3v) is 6.54. The Kier molecular flexibility index (Phi) is 6.89. The fraction of sp³-hybridized carbons (Fsp3) is 0.542. The van der Waals surface area contributed by atoms with E-state index < -0.39 is 23.3 Å². The minimum absolute atomic E-state index is 0.0123. The van der Waals surface area contributed by atoms with Crippen molar-refractivity contribution < 1.29 is 32.2 Å². The third-order valence-electron chi connectivity index (χ3n) is 6.23. The van der Waals surface area contributed by atoms with Crippen molar-refractivity contribution in [3.05, 3.63) is 52.3 Å². The molecule has 1 saturated carbocycles. The molecular weight excluding hydrogens is 487 g/mol. The smallest absolute Gasteiger partial charge is 0.418 e. The van der Waals surface area contributed by atoms with Gasteiger partial charge in [0.1, 0.15) is 5.60 Å². The van der Waals surface area contributed by atoms with Gasteiger partial charge in [0.15, 0.2) is 5.69 Å². The Morgan fingerprint density at radius 2 is 1.77 bits per heavy atom. The second kappa shape index (κ2) is 9.46. The summed E-state index contributed by atoms with van der Waals surface area (Å²) in [5, 5.41) is 3.73. The molecule has 1 aliphatic carbocycles. The number of carbonyl (C=O) groups excluding carboxylic acids is 2. The van der Waals surface area contributed by atoms with Crippen LogP contribution >= 0.6 is 11.6 Å². The lowest BCUT2D eigenvalue weighted by molar-refractivity contribution is -0.139. The highest BCUT2D eigenvalue weighted by atomic mass is 35.5. The van der Waals surface area contributed by atoms with Crippen molar-refractivity contribution in [2.75, 3.05) is 13.1 Å². The Balaban J connectivity index is 1.31. The maximum atomic E-state index is 13.4. The molecule has 0 radical (unpaired) electrons. The van der Waals surface area contributed by atoms with Gasteiger partial charge in [0.05, 0.1) is 23.3 Å². The quantitative estimate of drug-likeness (QED) is 0.511. The highest BCUT2D eigenvalue weighted by Gasteiger charge is 2.43. The van der Waals surface area contributed by atoms with Crippen molar-refractivity contribution in [2.24, 2.45) is 11.8 Å². The van der Waals surface area contributed by atoms with Crippen LogP contribution in [0.15, 0.2) is 30.5 Å². The van der Waals surface area contributed by atoms with E-state index in [1.165, 1.54) is 30.5 Å². The summed E-state index contributed by atoms with van der Waals surface area (Å²) in [4.78, 5) is 26.7. The topological polar surface area (TPSA) is 73.7 Å². The summed E-state index contributed by atoms with van der Waals surface area (Å²) < 4.78 is 52.3. The predicted octanol–water partition coefficient (Wildman–Crippen LogP) is 5.41. The van der Waals surface area contributed by atoms with Crippen LogP contribution in [0, 0.1) is 11.8 Å². The molecule has 1 aromatic heterocycles. The Morgan fingerprint density at radius 3 is 2.37 bits per heavy atom. The molecule has 4 rings (SSSR count). The lowest BCUT2D eigenvalue weighted by atomic mass is 10.0. The van der Waals surface area contributed by atoms with Crippen molar-refractivity contribution in [2.45, 2.75) is 58.1 Å². The molecule has 1 aliphatic heterocycles. The zero-order valence-electron chi connectivity index (χ0n) is 19.6. The fourth-order valence-electron chi connectivity index (χ4n) is 4.77. The SMILES string of the molecule is CC(C)(C)OC(=O)c1ccn(C(=O)N2C[C@H]3C[C@H](OCc4cccc(Cl)c4C(F)(F)F)C[C@H]3C2)n1. The molecule has 0 bridgehead atoms.